The number of amides is 1. The van der Waals surface area contributed by atoms with Crippen LogP contribution in [0.1, 0.15) is 11.1 Å². The van der Waals surface area contributed by atoms with Crippen LogP contribution in [0.5, 0.6) is 0 Å². The van der Waals surface area contributed by atoms with Crippen LogP contribution in [0.3, 0.4) is 0 Å². The first kappa shape index (κ1) is 19.2. The van der Waals surface area contributed by atoms with Crippen molar-refractivity contribution in [2.75, 3.05) is 36.5 Å². The number of ether oxygens (including phenoxy) is 1. The lowest BCUT2D eigenvalue weighted by Gasteiger charge is -2.27. The molecule has 1 amide bonds. The number of benzene rings is 2. The summed E-state index contributed by atoms with van der Waals surface area (Å²) in [5.74, 6) is 0.817. The second-order valence-electron chi connectivity index (χ2n) is 7.34. The first-order valence-corrected chi connectivity index (χ1v) is 9.93. The van der Waals surface area contributed by atoms with E-state index in [0.717, 1.165) is 46.8 Å². The number of nitrogens with zero attached hydrogens (tertiary/aromatic N) is 3. The first-order valence-electron chi connectivity index (χ1n) is 9.93. The van der Waals surface area contributed by atoms with Gasteiger partial charge in [-0.25, -0.2) is 0 Å². The fourth-order valence-electron chi connectivity index (χ4n) is 3.66. The molecule has 0 saturated carbocycles. The van der Waals surface area contributed by atoms with Crippen molar-refractivity contribution < 1.29 is 9.53 Å². The van der Waals surface area contributed by atoms with Gasteiger partial charge >= 0.3 is 0 Å². The van der Waals surface area contributed by atoms with E-state index in [0.29, 0.717) is 13.2 Å². The van der Waals surface area contributed by atoms with Crippen LogP contribution in [-0.2, 0) is 16.1 Å². The monoisotopic (exact) mass is 390 g/mol. The van der Waals surface area contributed by atoms with Gasteiger partial charge in [0, 0.05) is 30.5 Å². The lowest BCUT2D eigenvalue weighted by Crippen LogP contribution is -2.36. The van der Waals surface area contributed by atoms with Gasteiger partial charge in [0.05, 0.1) is 13.2 Å². The van der Waals surface area contributed by atoms with Gasteiger partial charge in [-0.2, -0.15) is 5.10 Å². The quantitative estimate of drug-likeness (QED) is 0.723. The minimum atomic E-state index is -0.0851. The van der Waals surface area contributed by atoms with E-state index >= 15 is 0 Å². The molecule has 1 aliphatic heterocycles. The van der Waals surface area contributed by atoms with Crippen LogP contribution < -0.4 is 10.2 Å². The van der Waals surface area contributed by atoms with Crippen LogP contribution in [0, 0.1) is 13.8 Å². The second kappa shape index (κ2) is 8.49. The summed E-state index contributed by atoms with van der Waals surface area (Å²) in [6, 6.07) is 16.2. The van der Waals surface area contributed by atoms with Gasteiger partial charge in [-0.3, -0.25) is 9.48 Å². The Morgan fingerprint density at radius 1 is 1.03 bits per heavy atom. The smallest absolute Gasteiger partial charge is 0.246 e. The van der Waals surface area contributed by atoms with Crippen LogP contribution in [-0.4, -0.2) is 42.0 Å². The van der Waals surface area contributed by atoms with E-state index in [9.17, 15) is 4.79 Å². The van der Waals surface area contributed by atoms with Gasteiger partial charge in [-0.15, -0.1) is 0 Å². The predicted molar refractivity (Wildman–Crippen MR) is 115 cm³/mol. The molecule has 1 aliphatic rings. The largest absolute Gasteiger partial charge is 0.378 e. The molecule has 6 heteroatoms. The van der Waals surface area contributed by atoms with E-state index in [1.54, 1.807) is 4.68 Å². The highest BCUT2D eigenvalue weighted by Crippen LogP contribution is 2.30. The normalized spacial score (nSPS) is 14.1. The molecule has 1 saturated heterocycles. The van der Waals surface area contributed by atoms with E-state index < -0.39 is 0 Å². The van der Waals surface area contributed by atoms with Crippen LogP contribution in [0.25, 0.3) is 11.1 Å². The summed E-state index contributed by atoms with van der Waals surface area (Å²) in [5.41, 5.74) is 5.11. The Bertz CT molecular complexity index is 971. The number of para-hydroxylation sites is 1. The summed E-state index contributed by atoms with van der Waals surface area (Å²) in [7, 11) is 0. The Morgan fingerprint density at radius 2 is 1.72 bits per heavy atom. The van der Waals surface area contributed by atoms with Crippen molar-refractivity contribution in [1.29, 1.82) is 0 Å². The number of anilines is 2. The van der Waals surface area contributed by atoms with Crippen molar-refractivity contribution in [3.05, 3.63) is 65.9 Å². The molecule has 1 fully saturated rings. The highest BCUT2D eigenvalue weighted by molar-refractivity contribution is 5.92. The van der Waals surface area contributed by atoms with Gasteiger partial charge in [0.15, 0.2) is 5.82 Å². The van der Waals surface area contributed by atoms with Gasteiger partial charge < -0.3 is 15.0 Å². The lowest BCUT2D eigenvalue weighted by molar-refractivity contribution is -0.116. The molecule has 29 heavy (non-hydrogen) atoms. The average Bonchev–Trinajstić information content (AvgIpc) is 3.16. The fourth-order valence-corrected chi connectivity index (χ4v) is 3.66. The van der Waals surface area contributed by atoms with Gasteiger partial charge in [-0.1, -0.05) is 48.5 Å². The average molecular weight is 390 g/mol. The molecule has 2 heterocycles. The third-order valence-corrected chi connectivity index (χ3v) is 5.19. The maximum Gasteiger partial charge on any atom is 0.246 e. The number of hydrogen-bond acceptors (Lipinski definition) is 4. The molecule has 1 aromatic heterocycles. The first-order chi connectivity index (χ1) is 14.1. The molecule has 2 aromatic carbocycles. The zero-order chi connectivity index (χ0) is 20.2. The minimum absolute atomic E-state index is 0.0851. The van der Waals surface area contributed by atoms with E-state index in [4.69, 9.17) is 9.84 Å². The van der Waals surface area contributed by atoms with Crippen LogP contribution >= 0.6 is 0 Å². The summed E-state index contributed by atoms with van der Waals surface area (Å²) in [4.78, 5) is 14.9. The number of rotatable bonds is 5. The van der Waals surface area contributed by atoms with Crippen molar-refractivity contribution in [1.82, 2.24) is 9.78 Å². The predicted octanol–water partition coefficient (Wildman–Crippen LogP) is 3.64. The third kappa shape index (κ3) is 4.32. The molecular formula is C23H26N4O2. The number of aromatic nitrogens is 2. The highest BCUT2D eigenvalue weighted by Gasteiger charge is 2.20. The van der Waals surface area contributed by atoms with Crippen molar-refractivity contribution in [3.63, 3.8) is 0 Å². The molecule has 0 unspecified atom stereocenters. The van der Waals surface area contributed by atoms with E-state index in [-0.39, 0.29) is 12.5 Å². The van der Waals surface area contributed by atoms with Crippen molar-refractivity contribution in [2.45, 2.75) is 20.4 Å². The fraction of sp³-hybridized carbons (Fsp3) is 0.304. The number of hydrogen-bond donors (Lipinski definition) is 1. The molecular weight excluding hydrogens is 364 g/mol. The van der Waals surface area contributed by atoms with Gasteiger partial charge in [-0.05, 0) is 30.5 Å². The Balaban J connectivity index is 1.59. The molecule has 0 spiro atoms. The lowest BCUT2D eigenvalue weighted by atomic mass is 10.1. The Hall–Kier alpha value is -3.12. The SMILES string of the molecule is Cc1cccc(C)c1NC(=O)Cn1cc(-c2ccccc2)c(N2CCOCC2)n1. The van der Waals surface area contributed by atoms with Gasteiger partial charge in [0.25, 0.3) is 0 Å². The van der Waals surface area contributed by atoms with Gasteiger partial charge in [0.2, 0.25) is 5.91 Å². The van der Waals surface area contributed by atoms with E-state index in [1.165, 1.54) is 0 Å². The molecule has 0 radical (unpaired) electrons. The zero-order valence-electron chi connectivity index (χ0n) is 16.9. The van der Waals surface area contributed by atoms with E-state index in [1.807, 2.05) is 56.4 Å². The third-order valence-electron chi connectivity index (χ3n) is 5.19. The number of nitrogens with one attached hydrogen (secondary N) is 1. The molecule has 0 aliphatic carbocycles. The maximum atomic E-state index is 12.7. The number of morpholine rings is 1. The van der Waals surface area contributed by atoms with Crippen molar-refractivity contribution in [3.8, 4) is 11.1 Å². The molecule has 0 bridgehead atoms. The van der Waals surface area contributed by atoms with Crippen LogP contribution in [0.15, 0.2) is 54.7 Å². The second-order valence-corrected chi connectivity index (χ2v) is 7.34. The maximum absolute atomic E-state index is 12.7. The molecule has 6 nitrogen and oxygen atoms in total. The van der Waals surface area contributed by atoms with Crippen molar-refractivity contribution in [2.24, 2.45) is 0 Å². The highest BCUT2D eigenvalue weighted by atomic mass is 16.5. The van der Waals surface area contributed by atoms with Crippen LogP contribution in [0.4, 0.5) is 11.5 Å². The molecule has 0 atom stereocenters. The molecule has 150 valence electrons. The Morgan fingerprint density at radius 3 is 2.41 bits per heavy atom. The summed E-state index contributed by atoms with van der Waals surface area (Å²) in [6.07, 6.45) is 1.96. The molecule has 4 rings (SSSR count). The standard InChI is InChI=1S/C23H26N4O2/c1-17-7-6-8-18(2)22(17)24-21(28)16-27-15-20(19-9-4-3-5-10-19)23(25-27)26-11-13-29-14-12-26/h3-10,15H,11-14,16H2,1-2H3,(H,24,28). The summed E-state index contributed by atoms with van der Waals surface area (Å²) >= 11 is 0. The van der Waals surface area contributed by atoms with Gasteiger partial charge in [0.1, 0.15) is 6.54 Å². The summed E-state index contributed by atoms with van der Waals surface area (Å²) < 4.78 is 7.22. The number of carbonyl (C=O) groups is 1. The Labute approximate surface area is 171 Å². The molecule has 3 aromatic rings. The van der Waals surface area contributed by atoms with E-state index in [2.05, 4.69) is 22.3 Å². The summed E-state index contributed by atoms with van der Waals surface area (Å²) in [5, 5.41) is 7.80. The minimum Gasteiger partial charge on any atom is -0.378 e. The summed E-state index contributed by atoms with van der Waals surface area (Å²) in [6.45, 7) is 7.14. The number of carbonyl (C=O) groups excluding carboxylic acids is 1. The molecule has 1 N–H and O–H groups in total. The van der Waals surface area contributed by atoms with Crippen LogP contribution in [0.2, 0.25) is 0 Å². The van der Waals surface area contributed by atoms with Crippen molar-refractivity contribution >= 4 is 17.4 Å². The topological polar surface area (TPSA) is 59.4 Å². The zero-order valence-corrected chi connectivity index (χ0v) is 16.9. The Kier molecular flexibility index (Phi) is 5.62. The number of aryl methyl sites for hydroxylation is 2.